The van der Waals surface area contributed by atoms with Crippen LogP contribution in [0.2, 0.25) is 0 Å². The van der Waals surface area contributed by atoms with Crippen LogP contribution in [-0.2, 0) is 5.41 Å². The van der Waals surface area contributed by atoms with E-state index in [1.807, 2.05) is 0 Å². The van der Waals surface area contributed by atoms with E-state index in [0.717, 1.165) is 24.2 Å². The molecular formula is C61H47N. The standard InChI is InChI=1S/C61H47N/c1-3-61(4-2)57-36-41(26-32-49(57)50-34-31-48(39-58(50)61)62(46-15-7-5-8-16-46)47-17-9-6-10-18-47)24-23-40-25-27-43-37-44(29-28-42(43)35-40)45-30-33-55-56(38-45)60-53-21-13-11-19-51(53)59(55)52-20-12-14-22-54(52)60/h5-39,59-60H,3-4H2,1-2H3/b24-23+. The largest absolute Gasteiger partial charge is 0.310 e. The zero-order valence-electron chi connectivity index (χ0n) is 35.2. The number of hydrogen-bond donors (Lipinski definition) is 0. The van der Waals surface area contributed by atoms with Gasteiger partial charge < -0.3 is 4.90 Å². The zero-order valence-corrected chi connectivity index (χ0v) is 35.2. The summed E-state index contributed by atoms with van der Waals surface area (Å²) in [6.07, 6.45) is 6.65. The second-order valence-electron chi connectivity index (χ2n) is 17.5. The van der Waals surface area contributed by atoms with Gasteiger partial charge in [-0.1, -0.05) is 172 Å². The molecule has 9 aromatic carbocycles. The van der Waals surface area contributed by atoms with Gasteiger partial charge in [0.25, 0.3) is 0 Å². The average molecular weight is 794 g/mol. The van der Waals surface area contributed by atoms with E-state index in [-0.39, 0.29) is 11.3 Å². The van der Waals surface area contributed by atoms with Crippen LogP contribution in [0.3, 0.4) is 0 Å². The number of fused-ring (bicyclic) bond motifs is 4. The minimum Gasteiger partial charge on any atom is -0.310 e. The summed E-state index contributed by atoms with van der Waals surface area (Å²) in [5.74, 6) is 0.584. The molecule has 4 aliphatic carbocycles. The molecule has 0 aliphatic heterocycles. The van der Waals surface area contributed by atoms with E-state index >= 15 is 0 Å². The molecule has 0 heterocycles. The van der Waals surface area contributed by atoms with Crippen LogP contribution in [0.4, 0.5) is 17.1 Å². The fourth-order valence-corrected chi connectivity index (χ4v) is 11.4. The van der Waals surface area contributed by atoms with Gasteiger partial charge in [-0.15, -0.1) is 0 Å². The number of anilines is 3. The van der Waals surface area contributed by atoms with E-state index in [2.05, 4.69) is 231 Å². The van der Waals surface area contributed by atoms with Crippen LogP contribution in [-0.4, -0.2) is 0 Å². The summed E-state index contributed by atoms with van der Waals surface area (Å²) in [5.41, 5.74) is 22.8. The molecule has 2 bridgehead atoms. The second-order valence-corrected chi connectivity index (χ2v) is 17.5. The Morgan fingerprint density at radius 1 is 0.387 bits per heavy atom. The summed E-state index contributed by atoms with van der Waals surface area (Å²) in [7, 11) is 0. The molecule has 0 amide bonds. The van der Waals surface area contributed by atoms with Crippen LogP contribution in [0.1, 0.15) is 94.2 Å². The lowest BCUT2D eigenvalue weighted by atomic mass is 9.61. The molecule has 0 unspecified atom stereocenters. The van der Waals surface area contributed by atoms with Crippen molar-refractivity contribution in [2.75, 3.05) is 4.90 Å². The first-order valence-corrected chi connectivity index (χ1v) is 22.4. The molecule has 0 aromatic heterocycles. The molecule has 4 aliphatic rings. The van der Waals surface area contributed by atoms with Crippen LogP contribution >= 0.6 is 0 Å². The van der Waals surface area contributed by atoms with Gasteiger partial charge in [0.2, 0.25) is 0 Å². The van der Waals surface area contributed by atoms with Crippen molar-refractivity contribution in [3.8, 4) is 22.3 Å². The predicted molar refractivity (Wildman–Crippen MR) is 261 cm³/mol. The maximum atomic E-state index is 2.47. The van der Waals surface area contributed by atoms with Gasteiger partial charge in [-0.05, 0) is 156 Å². The molecule has 1 nitrogen and oxygen atoms in total. The highest BCUT2D eigenvalue weighted by Crippen LogP contribution is 2.57. The summed E-state index contributed by atoms with van der Waals surface area (Å²) in [4.78, 5) is 2.38. The molecule has 1 heteroatoms. The first kappa shape index (κ1) is 36.6. The normalized spacial score (nSPS) is 16.1. The zero-order chi connectivity index (χ0) is 41.4. The molecule has 0 N–H and O–H groups in total. The topological polar surface area (TPSA) is 3.24 Å². The molecule has 296 valence electrons. The van der Waals surface area contributed by atoms with E-state index in [9.17, 15) is 0 Å². The van der Waals surface area contributed by atoms with Gasteiger partial charge >= 0.3 is 0 Å². The van der Waals surface area contributed by atoms with E-state index in [1.54, 1.807) is 0 Å². The lowest BCUT2D eigenvalue weighted by Crippen LogP contribution is -2.27. The van der Waals surface area contributed by atoms with E-state index < -0.39 is 0 Å². The maximum Gasteiger partial charge on any atom is 0.0465 e. The highest BCUT2D eigenvalue weighted by molar-refractivity contribution is 5.91. The summed E-state index contributed by atoms with van der Waals surface area (Å²) in [6.45, 7) is 4.72. The van der Waals surface area contributed by atoms with Crippen molar-refractivity contribution in [2.45, 2.75) is 43.9 Å². The third kappa shape index (κ3) is 5.61. The highest BCUT2D eigenvalue weighted by Gasteiger charge is 2.42. The fourth-order valence-electron chi connectivity index (χ4n) is 11.4. The predicted octanol–water partition coefficient (Wildman–Crippen LogP) is 16.2. The smallest absolute Gasteiger partial charge is 0.0465 e. The highest BCUT2D eigenvalue weighted by atomic mass is 15.1. The van der Waals surface area contributed by atoms with Crippen molar-refractivity contribution in [1.82, 2.24) is 0 Å². The molecule has 0 atom stereocenters. The Kier molecular flexibility index (Phi) is 8.54. The number of nitrogens with zero attached hydrogens (tertiary/aromatic N) is 1. The average Bonchev–Trinajstić information content (AvgIpc) is 3.62. The molecule has 9 aromatic rings. The monoisotopic (exact) mass is 793 g/mol. The SMILES string of the molecule is CCC1(CC)c2cc(/C=C/c3ccc4cc(-c5ccc6c(c5)C5c7ccccc7C6c6ccccc65)ccc4c3)ccc2-c2ccc(N(c3ccccc3)c3ccccc3)cc21. The lowest BCUT2D eigenvalue weighted by molar-refractivity contribution is 0.490. The van der Waals surface area contributed by atoms with E-state index in [0.29, 0.717) is 5.92 Å². The summed E-state index contributed by atoms with van der Waals surface area (Å²) in [5, 5.41) is 2.52. The Morgan fingerprint density at radius 3 is 1.48 bits per heavy atom. The Labute approximate surface area is 365 Å². The van der Waals surface area contributed by atoms with Crippen molar-refractivity contribution in [3.63, 3.8) is 0 Å². The maximum absolute atomic E-state index is 2.47. The Balaban J connectivity index is 0.835. The van der Waals surface area contributed by atoms with Gasteiger partial charge in [0, 0.05) is 34.3 Å². The Morgan fingerprint density at radius 2 is 0.855 bits per heavy atom. The third-order valence-electron chi connectivity index (χ3n) is 14.5. The van der Waals surface area contributed by atoms with E-state index in [1.165, 1.54) is 94.3 Å². The Bertz CT molecular complexity index is 3140. The van der Waals surface area contributed by atoms with Crippen LogP contribution < -0.4 is 4.90 Å². The summed E-state index contributed by atoms with van der Waals surface area (Å²) < 4.78 is 0. The molecule has 0 saturated heterocycles. The molecule has 62 heavy (non-hydrogen) atoms. The summed E-state index contributed by atoms with van der Waals surface area (Å²) >= 11 is 0. The van der Waals surface area contributed by atoms with Gasteiger partial charge in [0.15, 0.2) is 0 Å². The molecule has 13 rings (SSSR count). The van der Waals surface area contributed by atoms with Crippen LogP contribution in [0.25, 0.3) is 45.2 Å². The van der Waals surface area contributed by atoms with Crippen molar-refractivity contribution in [1.29, 1.82) is 0 Å². The molecule has 0 fully saturated rings. The molecule has 0 radical (unpaired) electrons. The van der Waals surface area contributed by atoms with Crippen molar-refractivity contribution >= 4 is 40.0 Å². The van der Waals surface area contributed by atoms with Gasteiger partial charge in [-0.25, -0.2) is 0 Å². The lowest BCUT2D eigenvalue weighted by Gasteiger charge is -2.42. The second kappa shape index (κ2) is 14.5. The number of para-hydroxylation sites is 2. The van der Waals surface area contributed by atoms with Gasteiger partial charge in [0.05, 0.1) is 0 Å². The first-order valence-electron chi connectivity index (χ1n) is 22.4. The molecular weight excluding hydrogens is 747 g/mol. The van der Waals surface area contributed by atoms with Crippen molar-refractivity contribution < 1.29 is 0 Å². The quantitative estimate of drug-likeness (QED) is 0.139. The minimum atomic E-state index is -0.0587. The van der Waals surface area contributed by atoms with E-state index in [4.69, 9.17) is 0 Å². The molecule has 0 spiro atoms. The van der Waals surface area contributed by atoms with Gasteiger partial charge in [0.1, 0.15) is 0 Å². The van der Waals surface area contributed by atoms with Crippen LogP contribution in [0.5, 0.6) is 0 Å². The number of rotatable bonds is 8. The number of benzene rings is 9. The third-order valence-corrected chi connectivity index (χ3v) is 14.5. The van der Waals surface area contributed by atoms with Gasteiger partial charge in [-0.3, -0.25) is 0 Å². The fraction of sp³-hybridized carbons (Fsp3) is 0.115. The van der Waals surface area contributed by atoms with Crippen LogP contribution in [0, 0.1) is 0 Å². The van der Waals surface area contributed by atoms with Crippen LogP contribution in [0.15, 0.2) is 200 Å². The minimum absolute atomic E-state index is 0.0587. The molecule has 0 saturated carbocycles. The summed E-state index contributed by atoms with van der Waals surface area (Å²) in [6, 6.07) is 74.9. The first-order chi connectivity index (χ1) is 30.6. The van der Waals surface area contributed by atoms with Gasteiger partial charge in [-0.2, -0.15) is 0 Å². The Hall–Kier alpha value is -7.22. The van der Waals surface area contributed by atoms with Crippen molar-refractivity contribution in [3.05, 3.63) is 256 Å². The number of hydrogen-bond acceptors (Lipinski definition) is 1. The van der Waals surface area contributed by atoms with Crippen molar-refractivity contribution in [2.24, 2.45) is 0 Å².